The van der Waals surface area contributed by atoms with Gasteiger partial charge in [-0.05, 0) is 37.3 Å². The zero-order chi connectivity index (χ0) is 18.4. The molecule has 0 saturated carbocycles. The van der Waals surface area contributed by atoms with Gasteiger partial charge in [0, 0.05) is 18.5 Å². The molecular formula is C18H19NO5S. The molecule has 0 bridgehead atoms. The molecule has 0 aromatic heterocycles. The van der Waals surface area contributed by atoms with Gasteiger partial charge in [0.1, 0.15) is 0 Å². The van der Waals surface area contributed by atoms with E-state index in [1.807, 2.05) is 25.1 Å². The molecule has 6 nitrogen and oxygen atoms in total. The Morgan fingerprint density at radius 3 is 2.32 bits per heavy atom. The molecule has 0 aliphatic carbocycles. The van der Waals surface area contributed by atoms with Gasteiger partial charge in [0.2, 0.25) is 0 Å². The van der Waals surface area contributed by atoms with Crippen LogP contribution in [0.2, 0.25) is 0 Å². The predicted molar refractivity (Wildman–Crippen MR) is 94.3 cm³/mol. The molecule has 0 spiro atoms. The van der Waals surface area contributed by atoms with Crippen molar-refractivity contribution in [2.24, 2.45) is 0 Å². The summed E-state index contributed by atoms with van der Waals surface area (Å²) >= 11 is 0. The molecule has 0 atom stereocenters. The van der Waals surface area contributed by atoms with Crippen molar-refractivity contribution < 1.29 is 22.7 Å². The highest BCUT2D eigenvalue weighted by molar-refractivity contribution is 7.90. The number of nitrogens with zero attached hydrogens (tertiary/aromatic N) is 1. The first kappa shape index (κ1) is 18.7. The van der Waals surface area contributed by atoms with Gasteiger partial charge >= 0.3 is 5.97 Å². The van der Waals surface area contributed by atoms with Gasteiger partial charge in [-0.1, -0.05) is 24.3 Å². The minimum Gasteiger partial charge on any atom is -0.452 e. The Morgan fingerprint density at radius 1 is 1.04 bits per heavy atom. The van der Waals surface area contributed by atoms with E-state index >= 15 is 0 Å². The SMILES string of the molecule is CCN(C(=O)COC(=O)c1cccc(S(C)(=O)=O)c1)c1ccccc1. The maximum Gasteiger partial charge on any atom is 0.338 e. The number of amides is 1. The summed E-state index contributed by atoms with van der Waals surface area (Å²) in [6.07, 6.45) is 1.06. The predicted octanol–water partition coefficient (Wildman–Crippen LogP) is 2.30. The third-order valence-electron chi connectivity index (χ3n) is 3.51. The molecule has 2 rings (SSSR count). The lowest BCUT2D eigenvalue weighted by Gasteiger charge is -2.20. The van der Waals surface area contributed by atoms with Gasteiger partial charge in [-0.3, -0.25) is 4.79 Å². The Balaban J connectivity index is 2.05. The van der Waals surface area contributed by atoms with Gasteiger partial charge < -0.3 is 9.64 Å². The number of esters is 1. The van der Waals surface area contributed by atoms with Crippen molar-refractivity contribution in [2.45, 2.75) is 11.8 Å². The third-order valence-corrected chi connectivity index (χ3v) is 4.62. The Kier molecular flexibility index (Phi) is 5.93. The lowest BCUT2D eigenvalue weighted by atomic mass is 10.2. The topological polar surface area (TPSA) is 80.8 Å². The minimum atomic E-state index is -3.43. The Bertz CT molecular complexity index is 862. The van der Waals surface area contributed by atoms with Crippen molar-refractivity contribution in [3.8, 4) is 0 Å². The average Bonchev–Trinajstić information content (AvgIpc) is 2.60. The summed E-state index contributed by atoms with van der Waals surface area (Å²) in [5.74, 6) is -1.11. The summed E-state index contributed by atoms with van der Waals surface area (Å²) < 4.78 is 28.1. The average molecular weight is 361 g/mol. The van der Waals surface area contributed by atoms with Gasteiger partial charge in [0.25, 0.3) is 5.91 Å². The zero-order valence-corrected chi connectivity index (χ0v) is 14.8. The van der Waals surface area contributed by atoms with Crippen LogP contribution in [0.4, 0.5) is 5.69 Å². The van der Waals surface area contributed by atoms with E-state index in [0.717, 1.165) is 6.26 Å². The van der Waals surface area contributed by atoms with Gasteiger partial charge in [0.05, 0.1) is 10.5 Å². The summed E-state index contributed by atoms with van der Waals surface area (Å²) in [7, 11) is -3.43. The van der Waals surface area contributed by atoms with E-state index in [9.17, 15) is 18.0 Å². The standard InChI is InChI=1S/C18H19NO5S/c1-3-19(15-9-5-4-6-10-15)17(20)13-24-18(21)14-8-7-11-16(12-14)25(2,22)23/h4-12H,3,13H2,1-2H3. The summed E-state index contributed by atoms with van der Waals surface area (Å²) in [5, 5.41) is 0. The molecule has 0 aliphatic rings. The van der Waals surface area contributed by atoms with Gasteiger partial charge in [-0.15, -0.1) is 0 Å². The van der Waals surface area contributed by atoms with Crippen molar-refractivity contribution in [3.63, 3.8) is 0 Å². The van der Waals surface area contributed by atoms with Crippen molar-refractivity contribution in [1.82, 2.24) is 0 Å². The normalized spacial score (nSPS) is 11.0. The largest absolute Gasteiger partial charge is 0.452 e. The van der Waals surface area contributed by atoms with E-state index in [0.29, 0.717) is 12.2 Å². The fourth-order valence-electron chi connectivity index (χ4n) is 2.25. The van der Waals surface area contributed by atoms with Gasteiger partial charge in [-0.2, -0.15) is 0 Å². The fourth-order valence-corrected chi connectivity index (χ4v) is 2.92. The number of ether oxygens (including phenoxy) is 1. The van der Waals surface area contributed by atoms with Crippen LogP contribution in [0.3, 0.4) is 0 Å². The Hall–Kier alpha value is -2.67. The van der Waals surface area contributed by atoms with E-state index in [1.54, 1.807) is 12.1 Å². The van der Waals surface area contributed by atoms with E-state index in [4.69, 9.17) is 4.74 Å². The number of rotatable bonds is 6. The number of anilines is 1. The van der Waals surface area contributed by atoms with Crippen LogP contribution in [0.15, 0.2) is 59.5 Å². The van der Waals surface area contributed by atoms with Crippen LogP contribution in [0.25, 0.3) is 0 Å². The van der Waals surface area contributed by atoms with Crippen molar-refractivity contribution in [3.05, 3.63) is 60.2 Å². The number of sulfone groups is 1. The second-order valence-corrected chi connectivity index (χ2v) is 7.37. The third kappa shape index (κ3) is 4.90. The van der Waals surface area contributed by atoms with Crippen LogP contribution in [-0.4, -0.2) is 39.7 Å². The van der Waals surface area contributed by atoms with Crippen LogP contribution in [0.1, 0.15) is 17.3 Å². The molecule has 0 aliphatic heterocycles. The number of carbonyl (C=O) groups excluding carboxylic acids is 2. The smallest absolute Gasteiger partial charge is 0.338 e. The molecule has 0 N–H and O–H groups in total. The van der Waals surface area contributed by atoms with E-state index in [1.165, 1.54) is 29.2 Å². The number of hydrogen-bond donors (Lipinski definition) is 0. The van der Waals surface area contributed by atoms with Gasteiger partial charge in [-0.25, -0.2) is 13.2 Å². The highest BCUT2D eigenvalue weighted by Crippen LogP contribution is 2.14. The maximum absolute atomic E-state index is 12.3. The zero-order valence-electron chi connectivity index (χ0n) is 14.0. The van der Waals surface area contributed by atoms with E-state index in [2.05, 4.69) is 0 Å². The monoisotopic (exact) mass is 361 g/mol. The summed E-state index contributed by atoms with van der Waals surface area (Å²) in [6.45, 7) is 1.83. The molecule has 25 heavy (non-hydrogen) atoms. The van der Waals surface area contributed by atoms with Crippen LogP contribution >= 0.6 is 0 Å². The minimum absolute atomic E-state index is 0.0211. The second-order valence-electron chi connectivity index (χ2n) is 5.35. The van der Waals surface area contributed by atoms with E-state index in [-0.39, 0.29) is 16.4 Å². The van der Waals surface area contributed by atoms with Crippen molar-refractivity contribution >= 4 is 27.4 Å². The molecule has 0 unspecified atom stereocenters. The fraction of sp³-hybridized carbons (Fsp3) is 0.222. The number of likely N-dealkylation sites (N-methyl/N-ethyl adjacent to an activating group) is 1. The lowest BCUT2D eigenvalue weighted by molar-refractivity contribution is -0.121. The van der Waals surface area contributed by atoms with Crippen molar-refractivity contribution in [2.75, 3.05) is 24.3 Å². The molecule has 0 heterocycles. The van der Waals surface area contributed by atoms with E-state index < -0.39 is 22.4 Å². The Morgan fingerprint density at radius 2 is 1.72 bits per heavy atom. The highest BCUT2D eigenvalue weighted by Gasteiger charge is 2.17. The number of hydrogen-bond acceptors (Lipinski definition) is 5. The first-order valence-corrected chi connectivity index (χ1v) is 9.54. The first-order valence-electron chi connectivity index (χ1n) is 7.65. The molecule has 0 saturated heterocycles. The lowest BCUT2D eigenvalue weighted by Crippen LogP contribution is -2.34. The number of benzene rings is 2. The maximum atomic E-state index is 12.3. The van der Waals surface area contributed by atoms with Crippen molar-refractivity contribution in [1.29, 1.82) is 0 Å². The number of carbonyl (C=O) groups is 2. The summed E-state index contributed by atoms with van der Waals surface area (Å²) in [6, 6.07) is 14.6. The van der Waals surface area contributed by atoms with Crippen LogP contribution in [0.5, 0.6) is 0 Å². The first-order chi connectivity index (χ1) is 11.8. The van der Waals surface area contributed by atoms with Crippen LogP contribution in [-0.2, 0) is 19.4 Å². The molecule has 0 radical (unpaired) electrons. The quantitative estimate of drug-likeness (QED) is 0.738. The molecule has 2 aromatic rings. The molecular weight excluding hydrogens is 342 g/mol. The highest BCUT2D eigenvalue weighted by atomic mass is 32.2. The second kappa shape index (κ2) is 7.94. The summed E-state index contributed by atoms with van der Waals surface area (Å²) in [4.78, 5) is 25.9. The summed E-state index contributed by atoms with van der Waals surface area (Å²) in [5.41, 5.74) is 0.795. The van der Waals surface area contributed by atoms with Crippen LogP contribution in [0, 0.1) is 0 Å². The molecule has 1 amide bonds. The molecule has 132 valence electrons. The molecule has 0 fully saturated rings. The molecule has 7 heteroatoms. The number of para-hydroxylation sites is 1. The Labute approximate surface area is 146 Å². The molecule has 2 aromatic carbocycles. The van der Waals surface area contributed by atoms with Crippen LogP contribution < -0.4 is 4.90 Å². The van der Waals surface area contributed by atoms with Gasteiger partial charge in [0.15, 0.2) is 16.4 Å².